The number of rotatable bonds is 5. The maximum atomic E-state index is 11.9. The zero-order valence-electron chi connectivity index (χ0n) is 11.5. The van der Waals surface area contributed by atoms with E-state index in [0.717, 1.165) is 10.9 Å². The topological polar surface area (TPSA) is 55.1 Å². The monoisotopic (exact) mass is 336 g/mol. The fraction of sp³-hybridized carbons (Fsp3) is 0.333. The maximum Gasteiger partial charge on any atom is 0.226 e. The van der Waals surface area contributed by atoms with E-state index in [-0.39, 0.29) is 18.4 Å². The van der Waals surface area contributed by atoms with Crippen LogP contribution in [-0.4, -0.2) is 17.1 Å². The molecular formula is C15H17BrN2O2. The summed E-state index contributed by atoms with van der Waals surface area (Å²) in [5, 5.41) is 6.79. The Morgan fingerprint density at radius 1 is 1.45 bits per heavy atom. The SMILES string of the molecule is Cc1cc(CC(=O)N[C@@H](C)Cc2ccccc2Br)no1. The van der Waals surface area contributed by atoms with Crippen molar-refractivity contribution in [2.24, 2.45) is 0 Å². The Morgan fingerprint density at radius 3 is 2.85 bits per heavy atom. The molecule has 2 aromatic rings. The van der Waals surface area contributed by atoms with Crippen molar-refractivity contribution in [3.63, 3.8) is 0 Å². The Morgan fingerprint density at radius 2 is 2.20 bits per heavy atom. The number of aromatic nitrogens is 1. The minimum atomic E-state index is -0.0437. The molecule has 1 aromatic heterocycles. The molecule has 1 aromatic carbocycles. The van der Waals surface area contributed by atoms with Crippen LogP contribution in [0.4, 0.5) is 0 Å². The quantitative estimate of drug-likeness (QED) is 0.912. The molecule has 1 amide bonds. The van der Waals surface area contributed by atoms with Crippen LogP contribution in [0.2, 0.25) is 0 Å². The molecule has 0 aliphatic heterocycles. The van der Waals surface area contributed by atoms with E-state index >= 15 is 0 Å². The highest BCUT2D eigenvalue weighted by atomic mass is 79.9. The Kier molecular flexibility index (Phi) is 4.95. The maximum absolute atomic E-state index is 11.9. The van der Waals surface area contributed by atoms with Crippen LogP contribution in [0, 0.1) is 6.92 Å². The van der Waals surface area contributed by atoms with Gasteiger partial charge in [0.05, 0.1) is 12.1 Å². The Bertz CT molecular complexity index is 595. The highest BCUT2D eigenvalue weighted by Crippen LogP contribution is 2.17. The zero-order valence-corrected chi connectivity index (χ0v) is 13.1. The molecule has 4 nitrogen and oxygen atoms in total. The smallest absolute Gasteiger partial charge is 0.226 e. The molecule has 0 unspecified atom stereocenters. The number of hydrogen-bond donors (Lipinski definition) is 1. The van der Waals surface area contributed by atoms with Crippen LogP contribution in [0.15, 0.2) is 39.3 Å². The molecule has 0 aliphatic carbocycles. The molecule has 0 radical (unpaired) electrons. The normalized spacial score (nSPS) is 12.2. The standard InChI is InChI=1S/C15H17BrN2O2/c1-10(7-12-5-3-4-6-14(12)16)17-15(19)9-13-8-11(2)20-18-13/h3-6,8,10H,7,9H2,1-2H3,(H,17,19)/t10-/m0/s1. The summed E-state index contributed by atoms with van der Waals surface area (Å²) in [4.78, 5) is 11.9. The van der Waals surface area contributed by atoms with E-state index in [0.29, 0.717) is 11.5 Å². The first-order chi connectivity index (χ1) is 9.54. The molecule has 2 rings (SSSR count). The van der Waals surface area contributed by atoms with Gasteiger partial charge in [-0.1, -0.05) is 39.3 Å². The minimum Gasteiger partial charge on any atom is -0.361 e. The summed E-state index contributed by atoms with van der Waals surface area (Å²) in [6.45, 7) is 3.80. The van der Waals surface area contributed by atoms with Crippen LogP contribution in [-0.2, 0) is 17.6 Å². The van der Waals surface area contributed by atoms with Crippen LogP contribution in [0.3, 0.4) is 0 Å². The van der Waals surface area contributed by atoms with Crippen molar-refractivity contribution in [1.82, 2.24) is 10.5 Å². The predicted molar refractivity (Wildman–Crippen MR) is 80.4 cm³/mol. The lowest BCUT2D eigenvalue weighted by Crippen LogP contribution is -2.35. The van der Waals surface area contributed by atoms with Crippen molar-refractivity contribution in [2.75, 3.05) is 0 Å². The van der Waals surface area contributed by atoms with E-state index in [1.54, 1.807) is 6.07 Å². The first-order valence-electron chi connectivity index (χ1n) is 6.49. The Labute approximate surface area is 126 Å². The Hall–Kier alpha value is -1.62. The lowest BCUT2D eigenvalue weighted by atomic mass is 10.1. The second-order valence-electron chi connectivity index (χ2n) is 4.87. The fourth-order valence-corrected chi connectivity index (χ4v) is 2.48. The molecule has 0 saturated carbocycles. The third-order valence-corrected chi connectivity index (χ3v) is 3.68. The van der Waals surface area contributed by atoms with E-state index in [1.165, 1.54) is 5.56 Å². The van der Waals surface area contributed by atoms with Gasteiger partial charge in [-0.3, -0.25) is 4.79 Å². The average Bonchev–Trinajstić information content (AvgIpc) is 2.77. The van der Waals surface area contributed by atoms with Crippen molar-refractivity contribution < 1.29 is 9.32 Å². The van der Waals surface area contributed by atoms with E-state index in [1.807, 2.05) is 38.1 Å². The van der Waals surface area contributed by atoms with Gasteiger partial charge in [0.15, 0.2) is 0 Å². The average molecular weight is 337 g/mol. The molecule has 0 fully saturated rings. The van der Waals surface area contributed by atoms with Crippen molar-refractivity contribution in [3.05, 3.63) is 51.8 Å². The molecule has 0 bridgehead atoms. The van der Waals surface area contributed by atoms with Gasteiger partial charge in [0.1, 0.15) is 5.76 Å². The van der Waals surface area contributed by atoms with Gasteiger partial charge in [0.2, 0.25) is 5.91 Å². The molecule has 1 heterocycles. The van der Waals surface area contributed by atoms with Crippen molar-refractivity contribution in [2.45, 2.75) is 32.7 Å². The molecule has 0 aliphatic rings. The summed E-state index contributed by atoms with van der Waals surface area (Å²) in [5.74, 6) is 0.673. The van der Waals surface area contributed by atoms with Gasteiger partial charge < -0.3 is 9.84 Å². The van der Waals surface area contributed by atoms with E-state index in [9.17, 15) is 4.79 Å². The van der Waals surface area contributed by atoms with Crippen LogP contribution < -0.4 is 5.32 Å². The molecule has 106 valence electrons. The molecule has 0 spiro atoms. The van der Waals surface area contributed by atoms with Gasteiger partial charge >= 0.3 is 0 Å². The molecular weight excluding hydrogens is 320 g/mol. The first-order valence-corrected chi connectivity index (χ1v) is 7.29. The summed E-state index contributed by atoms with van der Waals surface area (Å²) >= 11 is 3.51. The molecule has 1 atom stereocenters. The third-order valence-electron chi connectivity index (χ3n) is 2.91. The number of amides is 1. The van der Waals surface area contributed by atoms with E-state index in [2.05, 4.69) is 26.4 Å². The van der Waals surface area contributed by atoms with Crippen LogP contribution in [0.5, 0.6) is 0 Å². The Balaban J connectivity index is 1.86. The summed E-state index contributed by atoms with van der Waals surface area (Å²) < 4.78 is 6.01. The van der Waals surface area contributed by atoms with E-state index < -0.39 is 0 Å². The number of nitrogens with zero attached hydrogens (tertiary/aromatic N) is 1. The van der Waals surface area contributed by atoms with Crippen LogP contribution >= 0.6 is 15.9 Å². The van der Waals surface area contributed by atoms with Crippen molar-refractivity contribution in [1.29, 1.82) is 0 Å². The molecule has 20 heavy (non-hydrogen) atoms. The first kappa shape index (κ1) is 14.8. The number of carbonyl (C=O) groups excluding carboxylic acids is 1. The highest BCUT2D eigenvalue weighted by molar-refractivity contribution is 9.10. The summed E-state index contributed by atoms with van der Waals surface area (Å²) in [6, 6.07) is 9.86. The second-order valence-corrected chi connectivity index (χ2v) is 5.72. The number of aryl methyl sites for hydroxylation is 1. The third kappa shape index (κ3) is 4.20. The lowest BCUT2D eigenvalue weighted by Gasteiger charge is -2.14. The molecule has 0 saturated heterocycles. The van der Waals surface area contributed by atoms with Gasteiger partial charge in [-0.05, 0) is 31.9 Å². The molecule has 1 N–H and O–H groups in total. The minimum absolute atomic E-state index is 0.0437. The largest absolute Gasteiger partial charge is 0.361 e. The number of carbonyl (C=O) groups is 1. The number of benzene rings is 1. The zero-order chi connectivity index (χ0) is 14.5. The number of nitrogens with one attached hydrogen (secondary N) is 1. The van der Waals surface area contributed by atoms with Gasteiger partial charge in [0.25, 0.3) is 0 Å². The van der Waals surface area contributed by atoms with Gasteiger partial charge in [-0.2, -0.15) is 0 Å². The fourth-order valence-electron chi connectivity index (χ4n) is 2.04. The second kappa shape index (κ2) is 6.70. The van der Waals surface area contributed by atoms with Gasteiger partial charge in [0, 0.05) is 16.6 Å². The number of hydrogen-bond acceptors (Lipinski definition) is 3. The van der Waals surface area contributed by atoms with Crippen LogP contribution in [0.1, 0.15) is 23.9 Å². The predicted octanol–water partition coefficient (Wildman–Crippen LogP) is 3.04. The van der Waals surface area contributed by atoms with Gasteiger partial charge in [-0.15, -0.1) is 0 Å². The van der Waals surface area contributed by atoms with E-state index in [4.69, 9.17) is 4.52 Å². The molecule has 5 heteroatoms. The summed E-state index contributed by atoms with van der Waals surface area (Å²) in [7, 11) is 0. The van der Waals surface area contributed by atoms with Crippen molar-refractivity contribution >= 4 is 21.8 Å². The number of halogens is 1. The van der Waals surface area contributed by atoms with Gasteiger partial charge in [-0.25, -0.2) is 0 Å². The van der Waals surface area contributed by atoms with Crippen molar-refractivity contribution in [3.8, 4) is 0 Å². The lowest BCUT2D eigenvalue weighted by molar-refractivity contribution is -0.121. The highest BCUT2D eigenvalue weighted by Gasteiger charge is 2.12. The summed E-state index contributed by atoms with van der Waals surface area (Å²) in [5.41, 5.74) is 1.84. The van der Waals surface area contributed by atoms with Crippen LogP contribution in [0.25, 0.3) is 0 Å². The summed E-state index contributed by atoms with van der Waals surface area (Å²) in [6.07, 6.45) is 1.03.